The summed E-state index contributed by atoms with van der Waals surface area (Å²) in [5, 5.41) is 8.90. The second-order valence-electron chi connectivity index (χ2n) is 23.5. The summed E-state index contributed by atoms with van der Waals surface area (Å²) in [5.74, 6) is 2.25. The second-order valence-corrected chi connectivity index (χ2v) is 25.2. The topological polar surface area (TPSA) is 206 Å². The Morgan fingerprint density at radius 3 is 0.913 bits per heavy atom. The first-order chi connectivity index (χ1) is 45.4. The van der Waals surface area contributed by atoms with Crippen LogP contribution in [-0.2, 0) is 74.6 Å². The second kappa shape index (κ2) is 67.0. The smallest absolute Gasteiger partial charge is 0.367 e. The van der Waals surface area contributed by atoms with Gasteiger partial charge in [0.25, 0.3) is 0 Å². The van der Waals surface area contributed by atoms with Crippen molar-refractivity contribution in [1.29, 1.82) is 0 Å². The summed E-state index contributed by atoms with van der Waals surface area (Å²) in [6.45, 7) is 19.0. The van der Waals surface area contributed by atoms with Crippen molar-refractivity contribution in [3.05, 3.63) is 29.6 Å². The summed E-state index contributed by atoms with van der Waals surface area (Å²) in [6.07, 6.45) is 39.8. The van der Waals surface area contributed by atoms with E-state index >= 15 is 0 Å². The van der Waals surface area contributed by atoms with E-state index in [0.717, 1.165) is 47.8 Å². The zero-order valence-electron chi connectivity index (χ0n) is 58.1. The van der Waals surface area contributed by atoms with Crippen molar-refractivity contribution in [3.63, 3.8) is 0 Å². The quantitative estimate of drug-likeness (QED) is 0.0482. The van der Waals surface area contributed by atoms with Crippen molar-refractivity contribution in [2.45, 2.75) is 227 Å². The van der Waals surface area contributed by atoms with Crippen LogP contribution in [0.2, 0.25) is 0 Å². The van der Waals surface area contributed by atoms with Crippen LogP contribution in [0.4, 0.5) is 4.20 Å². The molecule has 0 spiro atoms. The number of ether oxygens (including phenoxy) is 15. The van der Waals surface area contributed by atoms with E-state index in [1.807, 2.05) is 10.9 Å². The Labute approximate surface area is 556 Å². The van der Waals surface area contributed by atoms with Crippen LogP contribution in [0.1, 0.15) is 225 Å². The maximum Gasteiger partial charge on any atom is 0.367 e. The Kier molecular flexibility index (Phi) is 62.2. The van der Waals surface area contributed by atoms with Gasteiger partial charge in [-0.25, -0.2) is 4.68 Å². The Bertz CT molecular complexity index is 1840. The van der Waals surface area contributed by atoms with E-state index in [4.69, 9.17) is 75.9 Å². The summed E-state index contributed by atoms with van der Waals surface area (Å²) in [7, 11) is -4.52. The van der Waals surface area contributed by atoms with E-state index in [9.17, 15) is 8.76 Å². The molecule has 0 bridgehead atoms. The van der Waals surface area contributed by atoms with Crippen molar-refractivity contribution in [3.8, 4) is 17.2 Å². The van der Waals surface area contributed by atoms with E-state index in [1.54, 1.807) is 0 Å². The van der Waals surface area contributed by atoms with Gasteiger partial charge in [-0.05, 0) is 37.0 Å². The van der Waals surface area contributed by atoms with E-state index in [0.29, 0.717) is 172 Å². The number of hydrogen-bond acceptors (Lipinski definition) is 18. The summed E-state index contributed by atoms with van der Waals surface area (Å²) >= 11 is 0. The number of benzene rings is 1. The molecule has 92 heavy (non-hydrogen) atoms. The van der Waals surface area contributed by atoms with Crippen molar-refractivity contribution in [1.82, 2.24) is 15.0 Å². The molecule has 0 aliphatic carbocycles. The Balaban J connectivity index is 1.62. The first-order valence-electron chi connectivity index (χ1n) is 36.2. The fourth-order valence-corrected chi connectivity index (χ4v) is 10.2. The molecule has 1 unspecified atom stereocenters. The SMILES string of the molecule is CCCCCCCCCCCCOc1cc(Cn2cc(COCCOCCOCCOCCOCCOCCOCCOCCOCCOCCOCCOCCP(=O)(O)F)nn2)cc(OCCCCCCCCCCCC)c1OCCCCCCCCCCCC. The number of rotatable bonds is 76. The summed E-state index contributed by atoms with van der Waals surface area (Å²) in [4.78, 5) is 8.55. The van der Waals surface area contributed by atoms with E-state index < -0.39 is 13.8 Å². The first kappa shape index (κ1) is 85.5. The third kappa shape index (κ3) is 57.6. The van der Waals surface area contributed by atoms with Gasteiger partial charge in [-0.1, -0.05) is 199 Å². The van der Waals surface area contributed by atoms with Crippen molar-refractivity contribution in [2.24, 2.45) is 0 Å². The Morgan fingerprint density at radius 1 is 0.359 bits per heavy atom. The van der Waals surface area contributed by atoms with Gasteiger partial charge in [0.2, 0.25) is 5.75 Å². The highest BCUT2D eigenvalue weighted by Gasteiger charge is 2.18. The molecule has 0 fully saturated rings. The summed E-state index contributed by atoms with van der Waals surface area (Å²) in [6, 6.07) is 4.24. The van der Waals surface area contributed by atoms with Crippen LogP contribution in [0.15, 0.2) is 18.3 Å². The molecule has 0 saturated carbocycles. The highest BCUT2D eigenvalue weighted by Crippen LogP contribution is 2.41. The molecule has 540 valence electrons. The number of unbranched alkanes of at least 4 members (excludes halogenated alkanes) is 27. The van der Waals surface area contributed by atoms with Gasteiger partial charge in [0.15, 0.2) is 11.5 Å². The molecule has 1 atom stereocenters. The number of aromatic nitrogens is 3. The molecule has 0 aliphatic rings. The molecule has 1 N–H and O–H groups in total. The average molecular weight is 1340 g/mol. The largest absolute Gasteiger partial charge is 0.490 e. The summed E-state index contributed by atoms with van der Waals surface area (Å²) in [5.41, 5.74) is 1.78. The first-order valence-corrected chi connectivity index (χ1v) is 38.0. The maximum absolute atomic E-state index is 12.5. The molecular formula is C70H131FN3O17P. The predicted octanol–water partition coefficient (Wildman–Crippen LogP) is 15.1. The fourth-order valence-electron chi connectivity index (χ4n) is 9.83. The highest BCUT2D eigenvalue weighted by atomic mass is 31.2. The van der Waals surface area contributed by atoms with Crippen LogP contribution in [0, 0.1) is 0 Å². The minimum Gasteiger partial charge on any atom is -0.490 e. The molecular weight excluding hydrogens is 1200 g/mol. The zero-order chi connectivity index (χ0) is 65.8. The van der Waals surface area contributed by atoms with Crippen LogP contribution in [0.3, 0.4) is 0 Å². The lowest BCUT2D eigenvalue weighted by atomic mass is 10.1. The Morgan fingerprint density at radius 2 is 0.620 bits per heavy atom. The van der Waals surface area contributed by atoms with Gasteiger partial charge in [0, 0.05) is 0 Å². The van der Waals surface area contributed by atoms with E-state index in [-0.39, 0.29) is 13.2 Å². The molecule has 0 radical (unpaired) electrons. The van der Waals surface area contributed by atoms with Crippen molar-refractivity contribution >= 4 is 7.68 Å². The van der Waals surface area contributed by atoms with E-state index in [2.05, 4.69) is 43.2 Å². The van der Waals surface area contributed by atoms with Gasteiger partial charge in [-0.3, -0.25) is 4.57 Å². The lowest BCUT2D eigenvalue weighted by Crippen LogP contribution is -2.15. The van der Waals surface area contributed by atoms with Gasteiger partial charge < -0.3 is 75.9 Å². The van der Waals surface area contributed by atoms with Gasteiger partial charge in [0.05, 0.1) is 197 Å². The standard InChI is InChI=1S/C70H131FN3O17P/c1-4-7-10-13-16-19-22-25-28-31-34-89-68-61-66(62-69(90-35-32-29-26-23-20-17-14-11-8-5-2)70(68)91-36-33-30-27-24-21-18-15-12-9-6-3)63-74-64-67(72-73-74)65-88-58-57-86-54-53-84-50-49-82-46-45-80-42-41-78-38-37-77-39-40-79-43-44-81-47-48-83-51-52-85-55-56-87-59-60-92(71,75)76/h61-62,64H,4-60,63,65H2,1-3H3,(H,75,76). The lowest BCUT2D eigenvalue weighted by Gasteiger charge is -2.19. The normalized spacial score (nSPS) is 12.4. The third-order valence-corrected chi connectivity index (χ3v) is 15.9. The molecule has 2 aromatic rings. The van der Waals surface area contributed by atoms with Crippen molar-refractivity contribution < 1.29 is 84.7 Å². The number of halogens is 1. The van der Waals surface area contributed by atoms with Crippen LogP contribution >= 0.6 is 7.68 Å². The molecule has 2 rings (SSSR count). The van der Waals surface area contributed by atoms with Crippen molar-refractivity contribution in [2.75, 3.05) is 178 Å². The predicted molar refractivity (Wildman–Crippen MR) is 362 cm³/mol. The lowest BCUT2D eigenvalue weighted by molar-refractivity contribution is -0.0284. The van der Waals surface area contributed by atoms with Crippen LogP contribution < -0.4 is 14.2 Å². The molecule has 22 heteroatoms. The van der Waals surface area contributed by atoms with E-state index in [1.165, 1.54) is 173 Å². The summed E-state index contributed by atoms with van der Waals surface area (Å²) < 4.78 is 111. The maximum atomic E-state index is 12.5. The Hall–Kier alpha value is -2.60. The monoisotopic (exact) mass is 1340 g/mol. The minimum atomic E-state index is -4.52. The van der Waals surface area contributed by atoms with Gasteiger partial charge >= 0.3 is 7.68 Å². The molecule has 1 aromatic heterocycles. The molecule has 1 aromatic carbocycles. The third-order valence-electron chi connectivity index (χ3n) is 15.1. The molecule has 1 heterocycles. The van der Waals surface area contributed by atoms with Gasteiger partial charge in [-0.15, -0.1) is 5.10 Å². The molecule has 0 saturated heterocycles. The molecule has 20 nitrogen and oxygen atoms in total. The fraction of sp³-hybridized carbons (Fsp3) is 0.886. The molecule has 0 aliphatic heterocycles. The van der Waals surface area contributed by atoms with Gasteiger partial charge in [0.1, 0.15) is 5.69 Å². The highest BCUT2D eigenvalue weighted by molar-refractivity contribution is 7.52. The number of hydrogen-bond donors (Lipinski definition) is 1. The van der Waals surface area contributed by atoms with Crippen LogP contribution in [0.5, 0.6) is 17.2 Å². The van der Waals surface area contributed by atoms with Crippen LogP contribution in [-0.4, -0.2) is 198 Å². The number of nitrogens with zero attached hydrogens (tertiary/aromatic N) is 3. The van der Waals surface area contributed by atoms with Crippen LogP contribution in [0.25, 0.3) is 0 Å². The minimum absolute atomic E-state index is 0.124. The van der Waals surface area contributed by atoms with Gasteiger partial charge in [-0.2, -0.15) is 4.20 Å². The molecule has 0 amide bonds. The average Bonchev–Trinajstić information content (AvgIpc) is 1.21. The zero-order valence-corrected chi connectivity index (χ0v) is 59.0.